The van der Waals surface area contributed by atoms with Crippen LogP contribution in [-0.2, 0) is 11.3 Å². The third-order valence-electron chi connectivity index (χ3n) is 3.05. The molecule has 98 valence electrons. The van der Waals surface area contributed by atoms with Crippen molar-refractivity contribution in [2.24, 2.45) is 0 Å². The zero-order valence-corrected chi connectivity index (χ0v) is 10.8. The highest BCUT2D eigenvalue weighted by molar-refractivity contribution is 7.12. The Morgan fingerprint density at radius 3 is 2.83 bits per heavy atom. The van der Waals surface area contributed by atoms with Gasteiger partial charge < -0.3 is 10.2 Å². The largest absolute Gasteiger partial charge is 0.480 e. The van der Waals surface area contributed by atoms with Crippen LogP contribution < -0.4 is 0 Å². The molecule has 1 aromatic heterocycles. The van der Waals surface area contributed by atoms with E-state index in [2.05, 4.69) is 0 Å². The molecule has 0 aromatic carbocycles. The van der Waals surface area contributed by atoms with Crippen molar-refractivity contribution >= 4 is 23.1 Å². The smallest absolute Gasteiger partial charge is 0.321 e. The number of carboxylic acid groups (broad SMARTS) is 1. The van der Waals surface area contributed by atoms with Crippen LogP contribution in [0.15, 0.2) is 11.4 Å². The molecule has 1 aliphatic rings. The van der Waals surface area contributed by atoms with Crippen LogP contribution in [0.4, 0.5) is 0 Å². The molecule has 1 fully saturated rings. The summed E-state index contributed by atoms with van der Waals surface area (Å²) in [6, 6.07) is 1.15. The normalized spacial score (nSPS) is 24.3. The number of nitrogens with zero attached hydrogens (tertiary/aromatic N) is 1. The summed E-state index contributed by atoms with van der Waals surface area (Å²) in [5.41, 5.74) is 0.922. The number of carbonyl (C=O) groups is 2. The molecule has 2 atom stereocenters. The van der Waals surface area contributed by atoms with E-state index in [0.717, 1.165) is 5.56 Å². The number of likely N-dealkylation sites (tertiary alicyclic amines) is 1. The first-order chi connectivity index (χ1) is 8.47. The standard InChI is InChI=1S/C12H15NO4S/c1-7(14)11-2-8(6-18-11)4-13-5-9(15)3-10(13)12(16)17/h2,6,9-10,15H,3-5H2,1H3,(H,16,17)/t9-,10+/m1/s1. The number of carboxylic acids is 1. The molecular weight excluding hydrogens is 254 g/mol. The first-order valence-electron chi connectivity index (χ1n) is 5.70. The zero-order valence-electron chi connectivity index (χ0n) is 10.00. The number of β-amino-alcohol motifs (C(OH)–C–C–N with tert-alkyl or cyclic N) is 1. The van der Waals surface area contributed by atoms with Crippen LogP contribution in [0.1, 0.15) is 28.6 Å². The van der Waals surface area contributed by atoms with Gasteiger partial charge in [-0.2, -0.15) is 0 Å². The molecule has 1 saturated heterocycles. The maximum Gasteiger partial charge on any atom is 0.321 e. The maximum atomic E-state index is 11.2. The van der Waals surface area contributed by atoms with Gasteiger partial charge in [0.2, 0.25) is 0 Å². The van der Waals surface area contributed by atoms with Crippen LogP contribution in [-0.4, -0.2) is 45.6 Å². The lowest BCUT2D eigenvalue weighted by Gasteiger charge is -2.19. The molecule has 0 bridgehead atoms. The van der Waals surface area contributed by atoms with E-state index in [4.69, 9.17) is 5.11 Å². The van der Waals surface area contributed by atoms with Crippen molar-refractivity contribution in [1.82, 2.24) is 4.90 Å². The number of thiophene rings is 1. The van der Waals surface area contributed by atoms with E-state index < -0.39 is 18.1 Å². The molecule has 0 radical (unpaired) electrons. The fraction of sp³-hybridized carbons (Fsp3) is 0.500. The number of hydrogen-bond acceptors (Lipinski definition) is 5. The highest BCUT2D eigenvalue weighted by Crippen LogP contribution is 2.23. The highest BCUT2D eigenvalue weighted by atomic mass is 32.1. The van der Waals surface area contributed by atoms with Crippen molar-refractivity contribution in [3.63, 3.8) is 0 Å². The number of rotatable bonds is 4. The van der Waals surface area contributed by atoms with E-state index >= 15 is 0 Å². The highest BCUT2D eigenvalue weighted by Gasteiger charge is 2.35. The van der Waals surface area contributed by atoms with Crippen molar-refractivity contribution in [2.45, 2.75) is 32.0 Å². The summed E-state index contributed by atoms with van der Waals surface area (Å²) in [5.74, 6) is -0.893. The van der Waals surface area contributed by atoms with Gasteiger partial charge in [0.05, 0.1) is 11.0 Å². The lowest BCUT2D eigenvalue weighted by atomic mass is 10.2. The van der Waals surface area contributed by atoms with Gasteiger partial charge in [-0.05, 0) is 23.9 Å². The number of hydrogen-bond donors (Lipinski definition) is 2. The van der Waals surface area contributed by atoms with Gasteiger partial charge in [0.1, 0.15) is 6.04 Å². The maximum absolute atomic E-state index is 11.2. The molecule has 2 N–H and O–H groups in total. The number of ketones is 1. The van der Waals surface area contributed by atoms with E-state index in [9.17, 15) is 14.7 Å². The monoisotopic (exact) mass is 269 g/mol. The fourth-order valence-corrected chi connectivity index (χ4v) is 2.99. The summed E-state index contributed by atoms with van der Waals surface area (Å²) >= 11 is 1.37. The summed E-state index contributed by atoms with van der Waals surface area (Å²) in [6.45, 7) is 2.33. The van der Waals surface area contributed by atoms with Crippen LogP contribution >= 0.6 is 11.3 Å². The molecule has 2 rings (SSSR count). The zero-order chi connectivity index (χ0) is 13.3. The Bertz CT molecular complexity index is 470. The van der Waals surface area contributed by atoms with Crippen LogP contribution in [0.25, 0.3) is 0 Å². The van der Waals surface area contributed by atoms with E-state index in [1.54, 1.807) is 11.0 Å². The molecule has 0 spiro atoms. The Kier molecular flexibility index (Phi) is 3.79. The van der Waals surface area contributed by atoms with E-state index in [1.165, 1.54) is 18.3 Å². The minimum absolute atomic E-state index is 0.0162. The van der Waals surface area contributed by atoms with Crippen molar-refractivity contribution in [1.29, 1.82) is 0 Å². The first kappa shape index (κ1) is 13.2. The third kappa shape index (κ3) is 2.77. The van der Waals surface area contributed by atoms with Gasteiger partial charge in [0.15, 0.2) is 5.78 Å². The average molecular weight is 269 g/mol. The molecule has 0 unspecified atom stereocenters. The number of aliphatic hydroxyl groups excluding tert-OH is 1. The van der Waals surface area contributed by atoms with E-state index in [-0.39, 0.29) is 12.2 Å². The Balaban J connectivity index is 2.07. The molecule has 0 saturated carbocycles. The van der Waals surface area contributed by atoms with Crippen molar-refractivity contribution in [3.8, 4) is 0 Å². The van der Waals surface area contributed by atoms with Gasteiger partial charge >= 0.3 is 5.97 Å². The lowest BCUT2D eigenvalue weighted by molar-refractivity contribution is -0.142. The van der Waals surface area contributed by atoms with Gasteiger partial charge in [0, 0.05) is 19.5 Å². The predicted octanol–water partition coefficient (Wildman–Crippen LogP) is 0.971. The molecule has 1 aromatic rings. The molecule has 0 amide bonds. The van der Waals surface area contributed by atoms with E-state index in [0.29, 0.717) is 18.0 Å². The second-order valence-electron chi connectivity index (χ2n) is 4.55. The van der Waals surface area contributed by atoms with Gasteiger partial charge in [0.25, 0.3) is 0 Å². The first-order valence-corrected chi connectivity index (χ1v) is 6.58. The fourth-order valence-electron chi connectivity index (χ4n) is 2.19. The molecule has 1 aliphatic heterocycles. The van der Waals surface area contributed by atoms with Crippen molar-refractivity contribution < 1.29 is 19.8 Å². The summed E-state index contributed by atoms with van der Waals surface area (Å²) in [6.07, 6.45) is -0.323. The summed E-state index contributed by atoms with van der Waals surface area (Å²) in [4.78, 5) is 24.7. The molecular formula is C12H15NO4S. The van der Waals surface area contributed by atoms with Crippen LogP contribution in [0.2, 0.25) is 0 Å². The Labute approximate surface area is 109 Å². The van der Waals surface area contributed by atoms with Crippen LogP contribution in [0.5, 0.6) is 0 Å². The topological polar surface area (TPSA) is 77.8 Å². The third-order valence-corrected chi connectivity index (χ3v) is 4.13. The number of aliphatic hydroxyl groups is 1. The van der Waals surface area contributed by atoms with Gasteiger partial charge in [-0.15, -0.1) is 11.3 Å². The second-order valence-corrected chi connectivity index (χ2v) is 5.46. The molecule has 18 heavy (non-hydrogen) atoms. The van der Waals surface area contributed by atoms with Gasteiger partial charge in [-0.25, -0.2) is 0 Å². The van der Waals surface area contributed by atoms with Gasteiger partial charge in [-0.1, -0.05) is 0 Å². The average Bonchev–Trinajstić information content (AvgIpc) is 2.86. The summed E-state index contributed by atoms with van der Waals surface area (Å²) in [7, 11) is 0. The molecule has 5 nitrogen and oxygen atoms in total. The molecule has 6 heteroatoms. The van der Waals surface area contributed by atoms with Gasteiger partial charge in [-0.3, -0.25) is 14.5 Å². The molecule has 0 aliphatic carbocycles. The Morgan fingerprint density at radius 2 is 2.28 bits per heavy atom. The summed E-state index contributed by atoms with van der Waals surface area (Å²) < 4.78 is 0. The Morgan fingerprint density at radius 1 is 1.56 bits per heavy atom. The van der Waals surface area contributed by atoms with Crippen LogP contribution in [0, 0.1) is 0 Å². The molecule has 2 heterocycles. The minimum atomic E-state index is -0.909. The SMILES string of the molecule is CC(=O)c1cc(CN2C[C@H](O)C[C@H]2C(=O)O)cs1. The lowest BCUT2D eigenvalue weighted by Crippen LogP contribution is -2.35. The predicted molar refractivity (Wildman–Crippen MR) is 66.8 cm³/mol. The quantitative estimate of drug-likeness (QED) is 0.796. The van der Waals surface area contributed by atoms with Crippen molar-refractivity contribution in [3.05, 3.63) is 21.9 Å². The minimum Gasteiger partial charge on any atom is -0.480 e. The number of carbonyl (C=O) groups excluding carboxylic acids is 1. The van der Waals surface area contributed by atoms with E-state index in [1.807, 2.05) is 5.38 Å². The Hall–Kier alpha value is -1.24. The summed E-state index contributed by atoms with van der Waals surface area (Å²) in [5, 5.41) is 20.5. The number of aliphatic carboxylic acids is 1. The second kappa shape index (κ2) is 5.17. The number of Topliss-reactive ketones (excluding diaryl/α,β-unsaturated/α-hetero) is 1. The van der Waals surface area contributed by atoms with Crippen molar-refractivity contribution in [2.75, 3.05) is 6.54 Å². The van der Waals surface area contributed by atoms with Crippen LogP contribution in [0.3, 0.4) is 0 Å².